The zero-order valence-electron chi connectivity index (χ0n) is 13.5. The Morgan fingerprint density at radius 3 is 2.65 bits per heavy atom. The molecule has 0 N–H and O–H groups in total. The summed E-state index contributed by atoms with van der Waals surface area (Å²) in [5.74, 6) is 1.60. The molecule has 0 radical (unpaired) electrons. The van der Waals surface area contributed by atoms with E-state index in [1.807, 2.05) is 12.4 Å². The van der Waals surface area contributed by atoms with Crippen molar-refractivity contribution < 1.29 is 4.74 Å². The molecule has 0 amide bonds. The molecular formula is C18H24N4O. The average Bonchev–Trinajstić information content (AvgIpc) is 3.28. The maximum absolute atomic E-state index is 5.76. The Morgan fingerprint density at radius 1 is 1.09 bits per heavy atom. The van der Waals surface area contributed by atoms with E-state index in [9.17, 15) is 0 Å². The fourth-order valence-electron chi connectivity index (χ4n) is 3.76. The molecular weight excluding hydrogens is 288 g/mol. The lowest BCUT2D eigenvalue weighted by Gasteiger charge is -2.32. The Labute approximate surface area is 137 Å². The second kappa shape index (κ2) is 6.81. The Hall–Kier alpha value is -1.72. The molecule has 3 heterocycles. The molecule has 1 atom stereocenters. The van der Waals surface area contributed by atoms with Crippen LogP contribution < -0.4 is 0 Å². The predicted octanol–water partition coefficient (Wildman–Crippen LogP) is 2.63. The highest BCUT2D eigenvalue weighted by Crippen LogP contribution is 2.28. The minimum Gasteiger partial charge on any atom is -0.377 e. The number of rotatable bonds is 4. The van der Waals surface area contributed by atoms with Crippen LogP contribution >= 0.6 is 0 Å². The number of para-hydroxylation sites is 1. The second-order valence-electron chi connectivity index (χ2n) is 6.60. The van der Waals surface area contributed by atoms with Crippen molar-refractivity contribution in [1.82, 2.24) is 19.7 Å². The SMILES string of the molecule is c1ccc(-n2cnnc2C2CCN(CC3CCCO3)CC2)cc1. The van der Waals surface area contributed by atoms with Crippen LogP contribution in [0, 0.1) is 0 Å². The zero-order valence-corrected chi connectivity index (χ0v) is 13.5. The van der Waals surface area contributed by atoms with Crippen molar-refractivity contribution >= 4 is 0 Å². The minimum absolute atomic E-state index is 0.458. The van der Waals surface area contributed by atoms with Gasteiger partial charge in [0, 0.05) is 24.8 Å². The lowest BCUT2D eigenvalue weighted by atomic mass is 9.95. The van der Waals surface area contributed by atoms with Gasteiger partial charge in [0.1, 0.15) is 12.2 Å². The van der Waals surface area contributed by atoms with Gasteiger partial charge in [0.25, 0.3) is 0 Å². The van der Waals surface area contributed by atoms with Crippen LogP contribution in [-0.2, 0) is 4.74 Å². The van der Waals surface area contributed by atoms with Crippen LogP contribution in [0.5, 0.6) is 0 Å². The molecule has 5 heteroatoms. The summed E-state index contributed by atoms with van der Waals surface area (Å²) in [6.45, 7) is 4.30. The van der Waals surface area contributed by atoms with E-state index in [0.717, 1.165) is 50.6 Å². The molecule has 1 aromatic heterocycles. The molecule has 1 unspecified atom stereocenters. The predicted molar refractivity (Wildman–Crippen MR) is 88.7 cm³/mol. The van der Waals surface area contributed by atoms with Crippen LogP contribution in [0.2, 0.25) is 0 Å². The van der Waals surface area contributed by atoms with Gasteiger partial charge in [-0.25, -0.2) is 0 Å². The zero-order chi connectivity index (χ0) is 15.5. The third-order valence-electron chi connectivity index (χ3n) is 5.05. The van der Waals surface area contributed by atoms with E-state index in [0.29, 0.717) is 12.0 Å². The molecule has 2 aromatic rings. The van der Waals surface area contributed by atoms with E-state index in [4.69, 9.17) is 4.74 Å². The van der Waals surface area contributed by atoms with Gasteiger partial charge in [0.2, 0.25) is 0 Å². The molecule has 5 nitrogen and oxygen atoms in total. The van der Waals surface area contributed by atoms with Crippen LogP contribution in [-0.4, -0.2) is 52.0 Å². The average molecular weight is 312 g/mol. The third kappa shape index (κ3) is 3.31. The fraction of sp³-hybridized carbons (Fsp3) is 0.556. The first-order chi connectivity index (χ1) is 11.4. The summed E-state index contributed by atoms with van der Waals surface area (Å²) in [7, 11) is 0. The number of piperidine rings is 1. The Bertz CT molecular complexity index is 613. The topological polar surface area (TPSA) is 43.2 Å². The van der Waals surface area contributed by atoms with Crippen molar-refractivity contribution in [2.75, 3.05) is 26.2 Å². The van der Waals surface area contributed by atoms with Crippen molar-refractivity contribution in [1.29, 1.82) is 0 Å². The van der Waals surface area contributed by atoms with Gasteiger partial charge in [0.05, 0.1) is 6.10 Å². The van der Waals surface area contributed by atoms with Gasteiger partial charge in [-0.1, -0.05) is 18.2 Å². The van der Waals surface area contributed by atoms with Crippen LogP contribution in [0.1, 0.15) is 37.4 Å². The first-order valence-electron chi connectivity index (χ1n) is 8.69. The number of benzene rings is 1. The highest BCUT2D eigenvalue weighted by molar-refractivity contribution is 5.32. The van der Waals surface area contributed by atoms with Crippen LogP contribution in [0.25, 0.3) is 5.69 Å². The van der Waals surface area contributed by atoms with Gasteiger partial charge in [-0.2, -0.15) is 0 Å². The molecule has 2 aliphatic rings. The maximum Gasteiger partial charge on any atom is 0.140 e. The first-order valence-corrected chi connectivity index (χ1v) is 8.69. The summed E-state index contributed by atoms with van der Waals surface area (Å²) in [4.78, 5) is 2.55. The molecule has 0 saturated carbocycles. The van der Waals surface area contributed by atoms with Gasteiger partial charge in [-0.05, 0) is 50.9 Å². The van der Waals surface area contributed by atoms with Crippen molar-refractivity contribution in [3.05, 3.63) is 42.5 Å². The van der Waals surface area contributed by atoms with E-state index in [-0.39, 0.29) is 0 Å². The molecule has 1 aromatic carbocycles. The molecule has 122 valence electrons. The fourth-order valence-corrected chi connectivity index (χ4v) is 3.76. The maximum atomic E-state index is 5.76. The summed E-state index contributed by atoms with van der Waals surface area (Å²) in [6, 6.07) is 10.4. The molecule has 0 aliphatic carbocycles. The molecule has 0 bridgehead atoms. The van der Waals surface area contributed by atoms with Crippen molar-refractivity contribution in [3.63, 3.8) is 0 Å². The molecule has 2 fully saturated rings. The molecule has 0 spiro atoms. The number of hydrogen-bond acceptors (Lipinski definition) is 4. The Kier molecular flexibility index (Phi) is 4.39. The van der Waals surface area contributed by atoms with Gasteiger partial charge in [-0.3, -0.25) is 4.57 Å². The van der Waals surface area contributed by atoms with Crippen LogP contribution in [0.4, 0.5) is 0 Å². The van der Waals surface area contributed by atoms with E-state index in [1.165, 1.54) is 12.8 Å². The normalized spacial score (nSPS) is 23.4. The molecule has 4 rings (SSSR count). The van der Waals surface area contributed by atoms with Gasteiger partial charge in [0.15, 0.2) is 0 Å². The van der Waals surface area contributed by atoms with E-state index in [1.54, 1.807) is 0 Å². The summed E-state index contributed by atoms with van der Waals surface area (Å²) < 4.78 is 7.90. The standard InChI is InChI=1S/C18H24N4O/c1-2-5-16(6-3-1)22-14-19-20-18(22)15-8-10-21(11-9-15)13-17-7-4-12-23-17/h1-3,5-6,14-15,17H,4,7-13H2. The molecule has 2 saturated heterocycles. The van der Waals surface area contributed by atoms with E-state index < -0.39 is 0 Å². The number of hydrogen-bond donors (Lipinski definition) is 0. The number of nitrogens with zero attached hydrogens (tertiary/aromatic N) is 4. The lowest BCUT2D eigenvalue weighted by molar-refractivity contribution is 0.0639. The summed E-state index contributed by atoms with van der Waals surface area (Å²) in [5.41, 5.74) is 1.15. The molecule has 2 aliphatic heterocycles. The molecule has 23 heavy (non-hydrogen) atoms. The van der Waals surface area contributed by atoms with Crippen molar-refractivity contribution in [2.45, 2.75) is 37.7 Å². The largest absolute Gasteiger partial charge is 0.377 e. The quantitative estimate of drug-likeness (QED) is 0.870. The van der Waals surface area contributed by atoms with Crippen molar-refractivity contribution in [2.24, 2.45) is 0 Å². The summed E-state index contributed by atoms with van der Waals surface area (Å²) in [5, 5.41) is 8.57. The second-order valence-corrected chi connectivity index (χ2v) is 6.60. The Balaban J connectivity index is 1.40. The van der Waals surface area contributed by atoms with Crippen LogP contribution in [0.15, 0.2) is 36.7 Å². The van der Waals surface area contributed by atoms with Crippen LogP contribution in [0.3, 0.4) is 0 Å². The monoisotopic (exact) mass is 312 g/mol. The summed E-state index contributed by atoms with van der Waals surface area (Å²) >= 11 is 0. The lowest BCUT2D eigenvalue weighted by Crippen LogP contribution is -2.38. The van der Waals surface area contributed by atoms with Gasteiger partial charge in [-0.15, -0.1) is 10.2 Å². The third-order valence-corrected chi connectivity index (χ3v) is 5.05. The Morgan fingerprint density at radius 2 is 1.91 bits per heavy atom. The minimum atomic E-state index is 0.458. The van der Waals surface area contributed by atoms with E-state index in [2.05, 4.69) is 43.9 Å². The van der Waals surface area contributed by atoms with Gasteiger partial charge < -0.3 is 9.64 Å². The van der Waals surface area contributed by atoms with E-state index >= 15 is 0 Å². The highest BCUT2D eigenvalue weighted by atomic mass is 16.5. The number of likely N-dealkylation sites (tertiary alicyclic amines) is 1. The number of ether oxygens (including phenoxy) is 1. The van der Waals surface area contributed by atoms with Crippen molar-refractivity contribution in [3.8, 4) is 5.69 Å². The van der Waals surface area contributed by atoms with Gasteiger partial charge >= 0.3 is 0 Å². The first kappa shape index (κ1) is 14.8. The number of aromatic nitrogens is 3. The summed E-state index contributed by atoms with van der Waals surface area (Å²) in [6.07, 6.45) is 7.04. The highest BCUT2D eigenvalue weighted by Gasteiger charge is 2.27. The smallest absolute Gasteiger partial charge is 0.140 e.